The highest BCUT2D eigenvalue weighted by Crippen LogP contribution is 2.49. The Balaban J connectivity index is 1.70. The average Bonchev–Trinajstić information content (AvgIpc) is 3.10. The summed E-state index contributed by atoms with van der Waals surface area (Å²) >= 11 is 0. The van der Waals surface area contributed by atoms with Crippen LogP contribution in [0.1, 0.15) is 58.6 Å². The number of amides is 1. The highest BCUT2D eigenvalue weighted by molar-refractivity contribution is 6.11. The molecule has 0 bridgehead atoms. The fraction of sp³-hybridized carbons (Fsp3) is 0.630. The molecule has 1 saturated carbocycles. The van der Waals surface area contributed by atoms with Gasteiger partial charge in [-0.25, -0.2) is 0 Å². The van der Waals surface area contributed by atoms with E-state index in [1.165, 1.54) is 0 Å². The first kappa shape index (κ1) is 23.8. The van der Waals surface area contributed by atoms with Crippen LogP contribution in [0.5, 0.6) is 5.75 Å². The molecule has 6 nitrogen and oxygen atoms in total. The van der Waals surface area contributed by atoms with E-state index < -0.39 is 6.04 Å². The van der Waals surface area contributed by atoms with Crippen LogP contribution in [-0.2, 0) is 14.3 Å². The SMILES string of the molecule is CCN(CC)CCCN1C(=O)C2=C(C(=O)C3CC(C)C(C)CC3O2)C1c1ccccc1OC. The van der Waals surface area contributed by atoms with E-state index in [1.807, 2.05) is 29.2 Å². The van der Waals surface area contributed by atoms with Crippen LogP contribution in [0.4, 0.5) is 0 Å². The standard InChI is InChI=1S/C27H38N2O4/c1-6-28(7-2)13-10-14-29-24(19-11-8-9-12-21(19)32-5)23-25(30)20-15-17(3)18(4)16-22(20)33-26(23)27(29)31/h8-9,11-12,17-18,20,22,24H,6-7,10,13-16H2,1-5H3. The van der Waals surface area contributed by atoms with E-state index >= 15 is 0 Å². The van der Waals surface area contributed by atoms with Gasteiger partial charge in [0.05, 0.1) is 24.6 Å². The number of carbonyl (C=O) groups excluding carboxylic acids is 2. The number of rotatable bonds is 8. The number of hydrogen-bond acceptors (Lipinski definition) is 5. The van der Waals surface area contributed by atoms with Gasteiger partial charge in [0.1, 0.15) is 11.9 Å². The van der Waals surface area contributed by atoms with Crippen molar-refractivity contribution >= 4 is 11.7 Å². The molecule has 1 aromatic rings. The molecule has 1 aliphatic carbocycles. The van der Waals surface area contributed by atoms with Crippen LogP contribution in [0.3, 0.4) is 0 Å². The van der Waals surface area contributed by atoms with Gasteiger partial charge in [0.2, 0.25) is 0 Å². The topological polar surface area (TPSA) is 59.1 Å². The molecular formula is C27H38N2O4. The fourth-order valence-corrected chi connectivity index (χ4v) is 5.76. The van der Waals surface area contributed by atoms with Crippen molar-refractivity contribution in [3.8, 4) is 5.75 Å². The lowest BCUT2D eigenvalue weighted by Crippen LogP contribution is -2.43. The van der Waals surface area contributed by atoms with E-state index in [2.05, 4.69) is 32.6 Å². The largest absolute Gasteiger partial charge is 0.496 e. The van der Waals surface area contributed by atoms with E-state index in [-0.39, 0.29) is 29.5 Å². The Hall–Kier alpha value is -2.34. The maximum atomic E-state index is 13.9. The number of ether oxygens (including phenoxy) is 2. The monoisotopic (exact) mass is 454 g/mol. The van der Waals surface area contributed by atoms with Gasteiger partial charge in [-0.3, -0.25) is 9.59 Å². The molecule has 5 atom stereocenters. The van der Waals surface area contributed by atoms with Crippen LogP contribution in [0.15, 0.2) is 35.6 Å². The first-order valence-corrected chi connectivity index (χ1v) is 12.5. The Morgan fingerprint density at radius 1 is 1.09 bits per heavy atom. The molecule has 3 aliphatic rings. The van der Waals surface area contributed by atoms with Gasteiger partial charge in [-0.15, -0.1) is 0 Å². The summed E-state index contributed by atoms with van der Waals surface area (Å²) < 4.78 is 12.0. The number of nitrogens with zero attached hydrogens (tertiary/aromatic N) is 2. The van der Waals surface area contributed by atoms with Gasteiger partial charge >= 0.3 is 0 Å². The molecule has 0 N–H and O–H groups in total. The summed E-state index contributed by atoms with van der Waals surface area (Å²) in [6, 6.07) is 7.26. The molecule has 6 heteroatoms. The number of methoxy groups -OCH3 is 1. The number of Topliss-reactive ketones (excluding diaryl/α,β-unsaturated/α-hetero) is 1. The van der Waals surface area contributed by atoms with Crippen molar-refractivity contribution in [2.75, 3.05) is 33.3 Å². The minimum Gasteiger partial charge on any atom is -0.496 e. The molecule has 1 fully saturated rings. The summed E-state index contributed by atoms with van der Waals surface area (Å²) in [7, 11) is 1.63. The van der Waals surface area contributed by atoms with E-state index in [1.54, 1.807) is 7.11 Å². The first-order chi connectivity index (χ1) is 15.9. The Morgan fingerprint density at radius 3 is 2.48 bits per heavy atom. The third-order valence-electron chi connectivity index (χ3n) is 8.01. The molecule has 2 aliphatic heterocycles. The van der Waals surface area contributed by atoms with Crippen molar-refractivity contribution in [3.05, 3.63) is 41.2 Å². The normalized spacial score (nSPS) is 29.3. The first-order valence-electron chi connectivity index (χ1n) is 12.5. The number of para-hydroxylation sites is 1. The fourth-order valence-electron chi connectivity index (χ4n) is 5.76. The summed E-state index contributed by atoms with van der Waals surface area (Å²) in [4.78, 5) is 31.7. The Kier molecular flexibility index (Phi) is 7.13. The Bertz CT molecular complexity index is 922. The van der Waals surface area contributed by atoms with Gasteiger partial charge < -0.3 is 19.3 Å². The zero-order valence-corrected chi connectivity index (χ0v) is 20.7. The zero-order valence-electron chi connectivity index (χ0n) is 20.7. The van der Waals surface area contributed by atoms with Gasteiger partial charge in [0.15, 0.2) is 11.5 Å². The van der Waals surface area contributed by atoms with Crippen LogP contribution in [0, 0.1) is 17.8 Å². The number of hydrogen-bond donors (Lipinski definition) is 0. The lowest BCUT2D eigenvalue weighted by Gasteiger charge is -2.40. The highest BCUT2D eigenvalue weighted by Gasteiger charge is 2.53. The number of fused-ring (bicyclic) bond motifs is 1. The molecule has 0 aromatic heterocycles. The number of ketones is 1. The lowest BCUT2D eigenvalue weighted by molar-refractivity contribution is -0.137. The second kappa shape index (κ2) is 9.88. The molecule has 5 unspecified atom stereocenters. The lowest BCUT2D eigenvalue weighted by atomic mass is 9.70. The summed E-state index contributed by atoms with van der Waals surface area (Å²) in [6.07, 6.45) is 2.29. The van der Waals surface area contributed by atoms with Crippen LogP contribution in [-0.4, -0.2) is 60.9 Å². The van der Waals surface area contributed by atoms with Gasteiger partial charge in [-0.2, -0.15) is 0 Å². The van der Waals surface area contributed by atoms with Gasteiger partial charge in [0.25, 0.3) is 5.91 Å². The molecular weight excluding hydrogens is 416 g/mol. The second-order valence-corrected chi connectivity index (χ2v) is 9.82. The van der Waals surface area contributed by atoms with Gasteiger partial charge in [0, 0.05) is 12.1 Å². The predicted octanol–water partition coefficient (Wildman–Crippen LogP) is 4.21. The molecule has 0 spiro atoms. The molecule has 0 saturated heterocycles. The third-order valence-corrected chi connectivity index (χ3v) is 8.01. The van der Waals surface area contributed by atoms with Crippen molar-refractivity contribution in [1.29, 1.82) is 0 Å². The zero-order chi connectivity index (χ0) is 23.7. The van der Waals surface area contributed by atoms with Crippen LogP contribution in [0.2, 0.25) is 0 Å². The third kappa shape index (κ3) is 4.30. The minimum atomic E-state index is -0.455. The molecule has 1 amide bonds. The smallest absolute Gasteiger partial charge is 0.290 e. The minimum absolute atomic E-state index is 0.0931. The summed E-state index contributed by atoms with van der Waals surface area (Å²) in [5, 5.41) is 0. The highest BCUT2D eigenvalue weighted by atomic mass is 16.5. The maximum absolute atomic E-state index is 13.9. The molecule has 33 heavy (non-hydrogen) atoms. The van der Waals surface area contributed by atoms with E-state index in [4.69, 9.17) is 9.47 Å². The van der Waals surface area contributed by atoms with Crippen molar-refractivity contribution in [2.24, 2.45) is 17.8 Å². The molecule has 0 radical (unpaired) electrons. The predicted molar refractivity (Wildman–Crippen MR) is 128 cm³/mol. The van der Waals surface area contributed by atoms with E-state index in [0.29, 0.717) is 29.7 Å². The number of carbonyl (C=O) groups is 2. The van der Waals surface area contributed by atoms with Crippen LogP contribution >= 0.6 is 0 Å². The van der Waals surface area contributed by atoms with Gasteiger partial charge in [-0.1, -0.05) is 45.9 Å². The second-order valence-electron chi connectivity index (χ2n) is 9.82. The maximum Gasteiger partial charge on any atom is 0.290 e. The Labute approximate surface area is 197 Å². The molecule has 4 rings (SSSR count). The summed E-state index contributed by atoms with van der Waals surface area (Å²) in [6.45, 7) is 12.2. The van der Waals surface area contributed by atoms with Crippen molar-refractivity contribution in [1.82, 2.24) is 9.80 Å². The van der Waals surface area contributed by atoms with Crippen molar-refractivity contribution in [3.63, 3.8) is 0 Å². The van der Waals surface area contributed by atoms with Crippen molar-refractivity contribution < 1.29 is 19.1 Å². The molecule has 2 heterocycles. The molecule has 1 aromatic carbocycles. The summed E-state index contributed by atoms with van der Waals surface area (Å²) in [5.74, 6) is 1.69. The van der Waals surface area contributed by atoms with Crippen LogP contribution < -0.4 is 4.74 Å². The quantitative estimate of drug-likeness (QED) is 0.589. The van der Waals surface area contributed by atoms with Gasteiger partial charge in [-0.05, 0) is 56.8 Å². The summed E-state index contributed by atoms with van der Waals surface area (Å²) in [5.41, 5.74) is 1.39. The average molecular weight is 455 g/mol. The van der Waals surface area contributed by atoms with E-state index in [0.717, 1.165) is 44.5 Å². The number of benzene rings is 1. The van der Waals surface area contributed by atoms with E-state index in [9.17, 15) is 9.59 Å². The Morgan fingerprint density at radius 2 is 1.79 bits per heavy atom. The van der Waals surface area contributed by atoms with Crippen LogP contribution in [0.25, 0.3) is 0 Å². The van der Waals surface area contributed by atoms with Crippen molar-refractivity contribution in [2.45, 2.75) is 59.1 Å². The molecule has 180 valence electrons.